The number of oxime groups is 1. The van der Waals surface area contributed by atoms with Crippen LogP contribution < -0.4 is 27.3 Å². The number of Topliss-reactive ketones (excluding diaryl/α,β-unsaturated/α-hetero) is 1. The summed E-state index contributed by atoms with van der Waals surface area (Å²) in [4.78, 5) is 123. The van der Waals surface area contributed by atoms with Crippen LogP contribution in [0.1, 0.15) is 34.8 Å². The topological polar surface area (TPSA) is 353 Å². The van der Waals surface area contributed by atoms with Crippen LogP contribution in [0.2, 0.25) is 5.02 Å². The monoisotopic (exact) mass is 840 g/mol. The zero-order valence-electron chi connectivity index (χ0n) is 28.8. The van der Waals surface area contributed by atoms with Crippen LogP contribution in [0.5, 0.6) is 11.5 Å². The number of thioether (sulfide) groups is 1. The van der Waals surface area contributed by atoms with Gasteiger partial charge in [0.2, 0.25) is 16.4 Å². The Hall–Kier alpha value is -6.41. The van der Waals surface area contributed by atoms with Crippen molar-refractivity contribution in [3.63, 3.8) is 0 Å². The Balaban J connectivity index is 1.23. The Bertz CT molecular complexity index is 2150. The number of halogens is 1. The largest absolute Gasteiger partial charge is 0.504 e. The average Bonchev–Trinajstić information content (AvgIpc) is 3.80. The van der Waals surface area contributed by atoms with Gasteiger partial charge in [-0.1, -0.05) is 28.5 Å². The summed E-state index contributed by atoms with van der Waals surface area (Å²) < 4.78 is 0. The highest BCUT2D eigenvalue weighted by molar-refractivity contribution is 8.02. The van der Waals surface area contributed by atoms with E-state index in [-0.39, 0.29) is 23.9 Å². The lowest BCUT2D eigenvalue weighted by Gasteiger charge is -2.41. The first-order valence-corrected chi connectivity index (χ1v) is 17.7. The van der Waals surface area contributed by atoms with E-state index in [1.54, 1.807) is 17.8 Å². The molecule has 3 saturated heterocycles. The summed E-state index contributed by atoms with van der Waals surface area (Å²) in [5, 5.41) is 44.0. The Morgan fingerprint density at radius 1 is 1.04 bits per heavy atom. The number of nitrogens with one attached hydrogen (secondary N) is 4. The number of carboxylic acids is 2. The van der Waals surface area contributed by atoms with Crippen molar-refractivity contribution in [2.75, 3.05) is 25.4 Å². The second-order valence-corrected chi connectivity index (χ2v) is 15.4. The minimum Gasteiger partial charge on any atom is -0.504 e. The number of rotatable bonds is 11. The number of thiazole rings is 1. The molecule has 1 aromatic carbocycles. The number of nitrogen functional groups attached to an aromatic ring is 1. The number of β-lactam (4-membered cyclic amide) rings is 1. The maximum absolute atomic E-state index is 13.5. The molecule has 7 amide bonds. The number of fused-ring (bicyclic) bond motifs is 1. The second kappa shape index (κ2) is 15.0. The highest BCUT2D eigenvalue weighted by Gasteiger charge is 2.66. The number of nitrogens with zero attached hydrogens (tertiary/aromatic N) is 5. The summed E-state index contributed by atoms with van der Waals surface area (Å²) in [6.45, 7) is 2.63. The van der Waals surface area contributed by atoms with Gasteiger partial charge in [0.15, 0.2) is 22.3 Å². The van der Waals surface area contributed by atoms with E-state index in [0.717, 1.165) is 33.3 Å². The standard InChI is InChI=1S/C29H29ClN10O14S2/c1-9-13(33-26(31)55-9)14(37-54-28(2,3)24(49)50)18(44)32-15-22(48)38-8-29(25(51)52,56-23(15)38)39-6-7-40(27(39)53)36-21(47)20(46)35-34-19(45)16(42)10-4-5-11(41)17(43)12(10)30/h4-5,15,23,41,43H,6-8H2,1-3H3,(H2,31,33)(H,32,44)(H,34,45)(H,35,46)(H,36,47)(H,49,50)(H,51,52)/b37-14-/t15-,23-,29-/m1/s1. The van der Waals surface area contributed by atoms with Crippen molar-refractivity contribution in [3.8, 4) is 11.5 Å². The number of ketones is 1. The number of nitrogens with two attached hydrogens (primary N) is 1. The highest BCUT2D eigenvalue weighted by atomic mass is 35.5. The number of aliphatic carboxylic acids is 2. The number of amides is 7. The van der Waals surface area contributed by atoms with E-state index in [2.05, 4.69) is 15.5 Å². The molecule has 0 bridgehead atoms. The summed E-state index contributed by atoms with van der Waals surface area (Å²) in [5.74, 6) is -12.3. The van der Waals surface area contributed by atoms with Crippen LogP contribution in [0.3, 0.4) is 0 Å². The van der Waals surface area contributed by atoms with Crippen LogP contribution in [0.15, 0.2) is 17.3 Å². The van der Waals surface area contributed by atoms with E-state index in [9.17, 15) is 63.6 Å². The number of benzene rings is 1. The van der Waals surface area contributed by atoms with Crippen LogP contribution in [0.4, 0.5) is 9.93 Å². The van der Waals surface area contributed by atoms with Gasteiger partial charge in [-0.2, -0.15) is 0 Å². The van der Waals surface area contributed by atoms with Crippen molar-refractivity contribution in [3.05, 3.63) is 33.3 Å². The smallest absolute Gasteiger partial charge is 0.350 e. The molecule has 0 aliphatic carbocycles. The lowest BCUT2D eigenvalue weighted by atomic mass is 10.0. The molecule has 0 radical (unpaired) electrons. The van der Waals surface area contributed by atoms with Crippen molar-refractivity contribution in [2.24, 2.45) is 5.16 Å². The van der Waals surface area contributed by atoms with Gasteiger partial charge in [-0.15, -0.1) is 11.3 Å². The highest BCUT2D eigenvalue weighted by Crippen LogP contribution is 2.49. The van der Waals surface area contributed by atoms with Crippen LogP contribution >= 0.6 is 34.7 Å². The van der Waals surface area contributed by atoms with Gasteiger partial charge in [-0.25, -0.2) is 24.4 Å². The average molecular weight is 841 g/mol. The number of hydrazine groups is 2. The van der Waals surface area contributed by atoms with Gasteiger partial charge in [0, 0.05) is 11.4 Å². The predicted molar refractivity (Wildman–Crippen MR) is 188 cm³/mol. The molecule has 0 spiro atoms. The number of aromatic hydroxyl groups is 2. The van der Waals surface area contributed by atoms with Gasteiger partial charge in [0.25, 0.3) is 11.7 Å². The summed E-state index contributed by atoms with van der Waals surface area (Å²) >= 11 is 7.38. The molecule has 56 heavy (non-hydrogen) atoms. The molecule has 298 valence electrons. The fourth-order valence-corrected chi connectivity index (χ4v) is 7.84. The molecule has 5 rings (SSSR count). The molecule has 3 fully saturated rings. The predicted octanol–water partition coefficient (Wildman–Crippen LogP) is -2.34. The van der Waals surface area contributed by atoms with E-state index in [4.69, 9.17) is 22.2 Å². The first-order valence-electron chi connectivity index (χ1n) is 15.6. The first kappa shape index (κ1) is 40.8. The number of carbonyl (C=O) groups excluding carboxylic acids is 7. The molecular formula is C29H29ClN10O14S2. The van der Waals surface area contributed by atoms with E-state index in [1.807, 2.05) is 5.43 Å². The summed E-state index contributed by atoms with van der Waals surface area (Å²) in [6, 6.07) is -0.688. The third-order valence-corrected chi connectivity index (χ3v) is 11.2. The molecule has 0 saturated carbocycles. The van der Waals surface area contributed by atoms with Crippen LogP contribution in [0, 0.1) is 6.92 Å². The van der Waals surface area contributed by atoms with Gasteiger partial charge >= 0.3 is 35.7 Å². The molecule has 4 heterocycles. The molecule has 3 aliphatic heterocycles. The number of phenolic OH excluding ortho intramolecular Hbond substituents is 2. The third kappa shape index (κ3) is 7.35. The van der Waals surface area contributed by atoms with Crippen molar-refractivity contribution < 1.29 is 68.4 Å². The van der Waals surface area contributed by atoms with Gasteiger partial charge in [-0.3, -0.25) is 49.9 Å². The summed E-state index contributed by atoms with van der Waals surface area (Å²) in [7, 11) is 0. The molecule has 2 aromatic rings. The zero-order chi connectivity index (χ0) is 41.6. The molecule has 3 aliphatic rings. The van der Waals surface area contributed by atoms with Gasteiger partial charge in [0.05, 0.1) is 23.7 Å². The maximum atomic E-state index is 13.5. The van der Waals surface area contributed by atoms with Crippen molar-refractivity contribution >= 4 is 98.8 Å². The fourth-order valence-electron chi connectivity index (χ4n) is 5.27. The number of urea groups is 1. The second-order valence-electron chi connectivity index (χ2n) is 12.4. The van der Waals surface area contributed by atoms with Gasteiger partial charge in [0.1, 0.15) is 17.1 Å². The maximum Gasteiger partial charge on any atom is 0.350 e. The number of phenols is 2. The summed E-state index contributed by atoms with van der Waals surface area (Å²) in [5.41, 5.74) is 7.97. The Labute approximate surface area is 325 Å². The normalized spacial score (nSPS) is 20.5. The van der Waals surface area contributed by atoms with Gasteiger partial charge < -0.3 is 41.2 Å². The number of carbonyl (C=O) groups is 9. The van der Waals surface area contributed by atoms with E-state index < -0.39 is 110 Å². The van der Waals surface area contributed by atoms with E-state index in [0.29, 0.717) is 21.6 Å². The Morgan fingerprint density at radius 2 is 1.70 bits per heavy atom. The molecule has 3 atom stereocenters. The van der Waals surface area contributed by atoms with Crippen molar-refractivity contribution in [1.82, 2.24) is 41.4 Å². The fraction of sp³-hybridized carbons (Fsp3) is 0.345. The SMILES string of the molecule is Cc1sc(N)nc1/C(=N/OC(C)(C)C(=O)O)C(=O)N[C@@H]1C(=O)N2C[C@@](C(=O)O)(N3CCN(NC(=O)C(=O)NNC(=O)C(=O)c4ccc(O)c(O)c4Cl)C3=O)S[C@H]12. The number of hydrogen-bond acceptors (Lipinski definition) is 17. The molecule has 27 heteroatoms. The number of carboxylic acid groups (broad SMARTS) is 2. The zero-order valence-corrected chi connectivity index (χ0v) is 31.2. The minimum absolute atomic E-state index is 0.0404. The molecular weight excluding hydrogens is 812 g/mol. The summed E-state index contributed by atoms with van der Waals surface area (Å²) in [6.07, 6.45) is 0. The lowest BCUT2D eigenvalue weighted by Crippen LogP contribution is -2.68. The lowest BCUT2D eigenvalue weighted by molar-refractivity contribution is -0.161. The van der Waals surface area contributed by atoms with Crippen LogP contribution in [-0.4, -0.2) is 141 Å². The first-order chi connectivity index (χ1) is 26.1. The van der Waals surface area contributed by atoms with E-state index in [1.165, 1.54) is 13.8 Å². The Kier molecular flexibility index (Phi) is 10.9. The third-order valence-electron chi connectivity index (χ3n) is 8.32. The van der Waals surface area contributed by atoms with Gasteiger partial charge in [-0.05, 0) is 32.9 Å². The number of aromatic nitrogens is 1. The van der Waals surface area contributed by atoms with Crippen molar-refractivity contribution in [2.45, 2.75) is 42.7 Å². The quantitative estimate of drug-likeness (QED) is 0.0286. The van der Waals surface area contributed by atoms with E-state index >= 15 is 0 Å². The Morgan fingerprint density at radius 3 is 2.30 bits per heavy atom. The minimum atomic E-state index is -2.15. The molecule has 0 unspecified atom stereocenters. The number of aryl methyl sites for hydroxylation is 1. The van der Waals surface area contributed by atoms with Crippen LogP contribution in [-0.2, 0) is 38.4 Å². The molecule has 10 N–H and O–H groups in total. The molecule has 24 nitrogen and oxygen atoms in total. The number of anilines is 1. The molecule has 1 aromatic heterocycles. The van der Waals surface area contributed by atoms with Crippen molar-refractivity contribution in [1.29, 1.82) is 0 Å². The van der Waals surface area contributed by atoms with Crippen LogP contribution in [0.25, 0.3) is 0 Å². The number of hydrogen-bond donors (Lipinski definition) is 9.